The summed E-state index contributed by atoms with van der Waals surface area (Å²) in [6, 6.07) is 6.58. The van der Waals surface area contributed by atoms with Crippen LogP contribution in [0.1, 0.15) is 30.0 Å². The van der Waals surface area contributed by atoms with Crippen molar-refractivity contribution in [1.82, 2.24) is 0 Å². The fourth-order valence-electron chi connectivity index (χ4n) is 2.90. The molecule has 2 nitrogen and oxygen atoms in total. The summed E-state index contributed by atoms with van der Waals surface area (Å²) in [5.41, 5.74) is 4.00. The standard InChI is InChI=1S/C15H22O2/c1-4-13(8-16)15(9-17-10-15)14-7-11(2)5-6-12(14)3/h5-7,13,16H,4,8-10H2,1-3H3. The Morgan fingerprint density at radius 2 is 2.06 bits per heavy atom. The Balaban J connectivity index is 2.43. The van der Waals surface area contributed by atoms with Crippen molar-refractivity contribution in [2.45, 2.75) is 32.6 Å². The van der Waals surface area contributed by atoms with Gasteiger partial charge < -0.3 is 9.84 Å². The lowest BCUT2D eigenvalue weighted by atomic mass is 9.66. The first kappa shape index (κ1) is 12.6. The largest absolute Gasteiger partial charge is 0.396 e. The molecular weight excluding hydrogens is 212 g/mol. The summed E-state index contributed by atoms with van der Waals surface area (Å²) >= 11 is 0. The lowest BCUT2D eigenvalue weighted by molar-refractivity contribution is -0.101. The van der Waals surface area contributed by atoms with Gasteiger partial charge >= 0.3 is 0 Å². The Morgan fingerprint density at radius 1 is 1.35 bits per heavy atom. The highest BCUT2D eigenvalue weighted by Crippen LogP contribution is 2.42. The van der Waals surface area contributed by atoms with Crippen LogP contribution in [0.3, 0.4) is 0 Å². The van der Waals surface area contributed by atoms with Crippen LogP contribution < -0.4 is 0 Å². The third-order valence-corrected chi connectivity index (χ3v) is 4.14. The lowest BCUT2D eigenvalue weighted by Gasteiger charge is -2.48. The Labute approximate surface area is 104 Å². The van der Waals surface area contributed by atoms with Crippen LogP contribution in [0.4, 0.5) is 0 Å². The molecule has 1 fully saturated rings. The maximum atomic E-state index is 9.59. The van der Waals surface area contributed by atoms with Crippen LogP contribution in [0.25, 0.3) is 0 Å². The number of hydrogen-bond acceptors (Lipinski definition) is 2. The van der Waals surface area contributed by atoms with E-state index in [4.69, 9.17) is 4.74 Å². The molecule has 0 spiro atoms. The number of benzene rings is 1. The van der Waals surface area contributed by atoms with Crippen molar-refractivity contribution < 1.29 is 9.84 Å². The molecule has 1 aliphatic heterocycles. The van der Waals surface area contributed by atoms with E-state index >= 15 is 0 Å². The maximum absolute atomic E-state index is 9.59. The molecule has 0 aliphatic carbocycles. The second-order valence-electron chi connectivity index (χ2n) is 5.26. The van der Waals surface area contributed by atoms with E-state index in [0.717, 1.165) is 19.6 Å². The molecule has 0 aromatic heterocycles. The molecule has 2 rings (SSSR count). The quantitative estimate of drug-likeness (QED) is 0.867. The van der Waals surface area contributed by atoms with E-state index in [1.165, 1.54) is 16.7 Å². The molecule has 1 heterocycles. The van der Waals surface area contributed by atoms with Gasteiger partial charge in [-0.25, -0.2) is 0 Å². The minimum absolute atomic E-state index is 0.0413. The van der Waals surface area contributed by atoms with Gasteiger partial charge in [0.15, 0.2) is 0 Å². The van der Waals surface area contributed by atoms with E-state index in [-0.39, 0.29) is 12.0 Å². The molecule has 1 aliphatic rings. The Kier molecular flexibility index (Phi) is 3.55. The summed E-state index contributed by atoms with van der Waals surface area (Å²) in [5.74, 6) is 0.303. The normalized spacial score (nSPS) is 19.8. The van der Waals surface area contributed by atoms with Crippen LogP contribution >= 0.6 is 0 Å². The molecule has 0 radical (unpaired) electrons. The molecule has 1 N–H and O–H groups in total. The van der Waals surface area contributed by atoms with Gasteiger partial charge in [0.2, 0.25) is 0 Å². The van der Waals surface area contributed by atoms with Crippen molar-refractivity contribution in [2.75, 3.05) is 19.8 Å². The summed E-state index contributed by atoms with van der Waals surface area (Å²) in [5, 5.41) is 9.59. The zero-order valence-electron chi connectivity index (χ0n) is 11.0. The number of rotatable bonds is 4. The Hall–Kier alpha value is -0.860. The van der Waals surface area contributed by atoms with Crippen LogP contribution in [0, 0.1) is 19.8 Å². The van der Waals surface area contributed by atoms with Crippen molar-refractivity contribution in [3.05, 3.63) is 34.9 Å². The zero-order valence-corrected chi connectivity index (χ0v) is 11.0. The number of aryl methyl sites for hydroxylation is 2. The Morgan fingerprint density at radius 3 is 2.53 bits per heavy atom. The van der Waals surface area contributed by atoms with Crippen molar-refractivity contribution in [1.29, 1.82) is 0 Å². The topological polar surface area (TPSA) is 29.5 Å². The average Bonchev–Trinajstić information content (AvgIpc) is 2.27. The average molecular weight is 234 g/mol. The van der Waals surface area contributed by atoms with Gasteiger partial charge in [0.05, 0.1) is 13.2 Å². The van der Waals surface area contributed by atoms with E-state index in [1.807, 2.05) is 0 Å². The Bertz CT molecular complexity index is 390. The minimum atomic E-state index is 0.0413. The van der Waals surface area contributed by atoms with Crippen molar-refractivity contribution >= 4 is 0 Å². The summed E-state index contributed by atoms with van der Waals surface area (Å²) in [7, 11) is 0. The fraction of sp³-hybridized carbons (Fsp3) is 0.600. The highest BCUT2D eigenvalue weighted by atomic mass is 16.5. The van der Waals surface area contributed by atoms with Gasteiger partial charge in [0, 0.05) is 12.0 Å². The summed E-state index contributed by atoms with van der Waals surface area (Å²) < 4.78 is 5.46. The first-order chi connectivity index (χ1) is 8.14. The van der Waals surface area contributed by atoms with E-state index in [0.29, 0.717) is 5.92 Å². The molecule has 2 heteroatoms. The van der Waals surface area contributed by atoms with E-state index < -0.39 is 0 Å². The number of ether oxygens (including phenoxy) is 1. The monoisotopic (exact) mass is 234 g/mol. The molecule has 1 atom stereocenters. The third-order valence-electron chi connectivity index (χ3n) is 4.14. The van der Waals surface area contributed by atoms with Crippen molar-refractivity contribution in [3.63, 3.8) is 0 Å². The fourth-order valence-corrected chi connectivity index (χ4v) is 2.90. The van der Waals surface area contributed by atoms with Crippen LogP contribution in [-0.2, 0) is 10.2 Å². The number of aliphatic hydroxyl groups excluding tert-OH is 1. The van der Waals surface area contributed by atoms with Crippen LogP contribution in [0.15, 0.2) is 18.2 Å². The van der Waals surface area contributed by atoms with Gasteiger partial charge in [-0.05, 0) is 30.9 Å². The van der Waals surface area contributed by atoms with Gasteiger partial charge in [-0.1, -0.05) is 37.1 Å². The molecule has 0 amide bonds. The first-order valence-electron chi connectivity index (χ1n) is 6.40. The number of hydrogen-bond donors (Lipinski definition) is 1. The summed E-state index contributed by atoms with van der Waals surface area (Å²) in [6.45, 7) is 8.15. The highest BCUT2D eigenvalue weighted by Gasteiger charge is 2.46. The highest BCUT2D eigenvalue weighted by molar-refractivity contribution is 5.39. The van der Waals surface area contributed by atoms with E-state index in [2.05, 4.69) is 39.0 Å². The number of aliphatic hydroxyl groups is 1. The maximum Gasteiger partial charge on any atom is 0.0589 e. The van der Waals surface area contributed by atoms with Crippen LogP contribution in [0.2, 0.25) is 0 Å². The van der Waals surface area contributed by atoms with Crippen LogP contribution in [-0.4, -0.2) is 24.9 Å². The van der Waals surface area contributed by atoms with Gasteiger partial charge in [0.1, 0.15) is 0 Å². The van der Waals surface area contributed by atoms with E-state index in [1.54, 1.807) is 0 Å². The predicted molar refractivity (Wildman–Crippen MR) is 69.3 cm³/mol. The molecule has 94 valence electrons. The first-order valence-corrected chi connectivity index (χ1v) is 6.40. The van der Waals surface area contributed by atoms with E-state index in [9.17, 15) is 5.11 Å². The minimum Gasteiger partial charge on any atom is -0.396 e. The zero-order chi connectivity index (χ0) is 12.5. The molecule has 0 bridgehead atoms. The SMILES string of the molecule is CCC(CO)C1(c2cc(C)ccc2C)COC1. The molecule has 1 saturated heterocycles. The lowest BCUT2D eigenvalue weighted by Crippen LogP contribution is -2.53. The van der Waals surface area contributed by atoms with Gasteiger partial charge in [-0.15, -0.1) is 0 Å². The predicted octanol–water partition coefficient (Wildman–Crippen LogP) is 2.59. The molecule has 1 aromatic carbocycles. The van der Waals surface area contributed by atoms with Crippen molar-refractivity contribution in [2.24, 2.45) is 5.92 Å². The molecule has 17 heavy (non-hydrogen) atoms. The third kappa shape index (κ3) is 2.00. The van der Waals surface area contributed by atoms with Gasteiger partial charge in [-0.3, -0.25) is 0 Å². The molecule has 0 saturated carbocycles. The van der Waals surface area contributed by atoms with Gasteiger partial charge in [0.25, 0.3) is 0 Å². The molecule has 1 aromatic rings. The van der Waals surface area contributed by atoms with Gasteiger partial charge in [-0.2, -0.15) is 0 Å². The second kappa shape index (κ2) is 4.79. The van der Waals surface area contributed by atoms with Crippen molar-refractivity contribution in [3.8, 4) is 0 Å². The molecular formula is C15H22O2. The van der Waals surface area contributed by atoms with Crippen LogP contribution in [0.5, 0.6) is 0 Å². The molecule has 1 unspecified atom stereocenters. The summed E-state index contributed by atoms with van der Waals surface area (Å²) in [6.07, 6.45) is 0.993. The smallest absolute Gasteiger partial charge is 0.0589 e. The second-order valence-corrected chi connectivity index (χ2v) is 5.26. The summed E-state index contributed by atoms with van der Waals surface area (Å²) in [4.78, 5) is 0.